The number of carbonyl (C=O) groups excluding carboxylic acids is 2. The zero-order valence-electron chi connectivity index (χ0n) is 15.8. The molecule has 1 aromatic heterocycles. The molecule has 1 atom stereocenters. The zero-order valence-corrected chi connectivity index (χ0v) is 15.8. The maximum Gasteiger partial charge on any atom is 0.257 e. The molecule has 8 nitrogen and oxygen atoms in total. The molecule has 0 aromatic carbocycles. The van der Waals surface area contributed by atoms with Crippen LogP contribution in [0, 0.1) is 6.92 Å². The second-order valence-electron chi connectivity index (χ2n) is 7.04. The van der Waals surface area contributed by atoms with Crippen LogP contribution >= 0.6 is 0 Å². The highest BCUT2D eigenvalue weighted by Gasteiger charge is 2.37. The van der Waals surface area contributed by atoms with Gasteiger partial charge in [-0.1, -0.05) is 0 Å². The predicted octanol–water partition coefficient (Wildman–Crippen LogP) is 0.597. The van der Waals surface area contributed by atoms with Gasteiger partial charge in [0.05, 0.1) is 17.8 Å². The van der Waals surface area contributed by atoms with Gasteiger partial charge in [0.1, 0.15) is 6.61 Å². The molecular formula is C18H28N4O4. The van der Waals surface area contributed by atoms with Crippen molar-refractivity contribution in [1.82, 2.24) is 19.6 Å². The molecule has 2 fully saturated rings. The van der Waals surface area contributed by atoms with E-state index in [2.05, 4.69) is 5.10 Å². The Morgan fingerprint density at radius 3 is 2.65 bits per heavy atom. The van der Waals surface area contributed by atoms with E-state index in [4.69, 9.17) is 9.47 Å². The number of ether oxygens (including phenoxy) is 2. The fourth-order valence-corrected chi connectivity index (χ4v) is 3.90. The van der Waals surface area contributed by atoms with Crippen molar-refractivity contribution in [2.45, 2.75) is 38.3 Å². The molecule has 1 unspecified atom stereocenters. The summed E-state index contributed by atoms with van der Waals surface area (Å²) in [5.41, 5.74) is 1.49. The summed E-state index contributed by atoms with van der Waals surface area (Å²) in [6, 6.07) is 0.188. The van der Waals surface area contributed by atoms with Crippen LogP contribution in [0.2, 0.25) is 0 Å². The molecule has 2 aliphatic rings. The van der Waals surface area contributed by atoms with Crippen molar-refractivity contribution in [1.29, 1.82) is 0 Å². The molecule has 144 valence electrons. The number of methoxy groups -OCH3 is 1. The number of amides is 2. The maximum atomic E-state index is 12.8. The first-order chi connectivity index (χ1) is 12.5. The van der Waals surface area contributed by atoms with Gasteiger partial charge >= 0.3 is 0 Å². The maximum absolute atomic E-state index is 12.8. The zero-order chi connectivity index (χ0) is 18.7. The minimum absolute atomic E-state index is 0.00347. The minimum atomic E-state index is -0.00998. The quantitative estimate of drug-likeness (QED) is 0.765. The number of carbonyl (C=O) groups is 2. The monoisotopic (exact) mass is 364 g/mol. The molecule has 2 aliphatic heterocycles. The van der Waals surface area contributed by atoms with E-state index in [9.17, 15) is 9.59 Å². The van der Waals surface area contributed by atoms with Crippen molar-refractivity contribution < 1.29 is 19.1 Å². The van der Waals surface area contributed by atoms with Gasteiger partial charge in [-0.15, -0.1) is 0 Å². The van der Waals surface area contributed by atoms with Gasteiger partial charge in [0, 0.05) is 52.2 Å². The molecular weight excluding hydrogens is 336 g/mol. The molecule has 0 bridgehead atoms. The Labute approximate surface area is 154 Å². The smallest absolute Gasteiger partial charge is 0.257 e. The van der Waals surface area contributed by atoms with Crippen molar-refractivity contribution in [3.8, 4) is 0 Å². The average Bonchev–Trinajstić information content (AvgIpc) is 3.24. The van der Waals surface area contributed by atoms with Crippen molar-refractivity contribution in [3.05, 3.63) is 17.5 Å². The van der Waals surface area contributed by atoms with E-state index in [1.54, 1.807) is 10.9 Å². The fourth-order valence-electron chi connectivity index (χ4n) is 3.90. The molecule has 2 saturated heterocycles. The topological polar surface area (TPSA) is 76.9 Å². The molecule has 0 aliphatic carbocycles. The van der Waals surface area contributed by atoms with Gasteiger partial charge in [0.15, 0.2) is 0 Å². The third-order valence-electron chi connectivity index (χ3n) is 5.45. The third kappa shape index (κ3) is 3.76. The van der Waals surface area contributed by atoms with Crippen LogP contribution in [0.1, 0.15) is 35.3 Å². The Morgan fingerprint density at radius 1 is 1.31 bits per heavy atom. The Bertz CT molecular complexity index is 654. The average molecular weight is 364 g/mol. The summed E-state index contributed by atoms with van der Waals surface area (Å²) in [7, 11) is 3.37. The highest BCUT2D eigenvalue weighted by atomic mass is 16.5. The van der Waals surface area contributed by atoms with Crippen LogP contribution in [0.5, 0.6) is 0 Å². The minimum Gasteiger partial charge on any atom is -0.381 e. The summed E-state index contributed by atoms with van der Waals surface area (Å²) >= 11 is 0. The molecule has 2 amide bonds. The highest BCUT2D eigenvalue weighted by Crippen LogP contribution is 2.25. The van der Waals surface area contributed by atoms with Gasteiger partial charge in [0.2, 0.25) is 5.91 Å². The molecule has 0 spiro atoms. The first-order valence-electron chi connectivity index (χ1n) is 9.18. The lowest BCUT2D eigenvalue weighted by Crippen LogP contribution is -2.51. The van der Waals surface area contributed by atoms with Crippen LogP contribution in [0.3, 0.4) is 0 Å². The molecule has 1 aromatic rings. The number of nitrogens with zero attached hydrogens (tertiary/aromatic N) is 4. The van der Waals surface area contributed by atoms with E-state index in [0.717, 1.165) is 25.0 Å². The Morgan fingerprint density at radius 2 is 2.04 bits per heavy atom. The highest BCUT2D eigenvalue weighted by molar-refractivity contribution is 5.95. The van der Waals surface area contributed by atoms with Crippen LogP contribution in [0.25, 0.3) is 0 Å². The van der Waals surface area contributed by atoms with E-state index < -0.39 is 0 Å². The summed E-state index contributed by atoms with van der Waals surface area (Å²) in [5.74, 6) is -0.0134. The normalized spacial score (nSPS) is 21.2. The van der Waals surface area contributed by atoms with Crippen molar-refractivity contribution in [2.24, 2.45) is 7.05 Å². The second-order valence-corrected chi connectivity index (χ2v) is 7.04. The summed E-state index contributed by atoms with van der Waals surface area (Å²) < 4.78 is 12.2. The molecule has 0 saturated carbocycles. The van der Waals surface area contributed by atoms with Crippen LogP contribution in [0.4, 0.5) is 0 Å². The van der Waals surface area contributed by atoms with Gasteiger partial charge in [-0.05, 0) is 26.2 Å². The molecule has 3 heterocycles. The van der Waals surface area contributed by atoms with Gasteiger partial charge in [-0.3, -0.25) is 14.3 Å². The number of hydrogen-bond donors (Lipinski definition) is 0. The van der Waals surface area contributed by atoms with E-state index in [0.29, 0.717) is 31.9 Å². The Hall–Kier alpha value is -1.93. The lowest BCUT2D eigenvalue weighted by Gasteiger charge is -2.38. The molecule has 0 radical (unpaired) electrons. The number of aromatic nitrogens is 2. The van der Waals surface area contributed by atoms with Crippen LogP contribution in [-0.2, 0) is 21.3 Å². The summed E-state index contributed by atoms with van der Waals surface area (Å²) in [6.07, 6.45) is 4.08. The lowest BCUT2D eigenvalue weighted by molar-refractivity contribution is -0.142. The molecule has 3 rings (SSSR count). The number of rotatable bonds is 5. The predicted molar refractivity (Wildman–Crippen MR) is 94.8 cm³/mol. The third-order valence-corrected chi connectivity index (χ3v) is 5.45. The van der Waals surface area contributed by atoms with Gasteiger partial charge < -0.3 is 19.3 Å². The van der Waals surface area contributed by atoms with Gasteiger partial charge in [0.25, 0.3) is 5.91 Å². The number of likely N-dealkylation sites (tertiary alicyclic amines) is 1. The van der Waals surface area contributed by atoms with Crippen LogP contribution in [0.15, 0.2) is 6.20 Å². The standard InChI is InChI=1S/C18H28N4O4/c1-13-16(10-19-20(13)2)18(24)21-7-4-15(11-21)22(17(23)12-25-3)14-5-8-26-9-6-14/h10,14-15H,4-9,11-12H2,1-3H3. The lowest BCUT2D eigenvalue weighted by atomic mass is 10.0. The second kappa shape index (κ2) is 8.18. The van der Waals surface area contributed by atoms with Crippen molar-refractivity contribution in [2.75, 3.05) is 40.0 Å². The van der Waals surface area contributed by atoms with E-state index >= 15 is 0 Å². The van der Waals surface area contributed by atoms with E-state index in [1.807, 2.05) is 23.8 Å². The van der Waals surface area contributed by atoms with Crippen molar-refractivity contribution in [3.63, 3.8) is 0 Å². The summed E-state index contributed by atoms with van der Waals surface area (Å²) in [5, 5.41) is 4.16. The Balaban J connectivity index is 1.72. The van der Waals surface area contributed by atoms with Gasteiger partial charge in [-0.2, -0.15) is 5.10 Å². The number of hydrogen-bond acceptors (Lipinski definition) is 5. The first kappa shape index (κ1) is 18.8. The van der Waals surface area contributed by atoms with Crippen molar-refractivity contribution >= 4 is 11.8 Å². The SMILES string of the molecule is COCC(=O)N(C1CCOCC1)C1CCN(C(=O)c2cnn(C)c2C)C1. The van der Waals surface area contributed by atoms with Crippen LogP contribution < -0.4 is 0 Å². The summed E-state index contributed by atoms with van der Waals surface area (Å²) in [6.45, 7) is 4.52. The summed E-state index contributed by atoms with van der Waals surface area (Å²) in [4.78, 5) is 29.3. The largest absolute Gasteiger partial charge is 0.381 e. The molecule has 8 heteroatoms. The van der Waals surface area contributed by atoms with Crippen LogP contribution in [-0.4, -0.2) is 83.5 Å². The van der Waals surface area contributed by atoms with E-state index in [-0.39, 0.29) is 30.5 Å². The number of aryl methyl sites for hydroxylation is 1. The van der Waals surface area contributed by atoms with E-state index in [1.165, 1.54) is 7.11 Å². The fraction of sp³-hybridized carbons (Fsp3) is 0.722. The molecule has 0 N–H and O–H groups in total. The first-order valence-corrected chi connectivity index (χ1v) is 9.18. The Kier molecular flexibility index (Phi) is 5.93. The molecule has 26 heavy (non-hydrogen) atoms. The van der Waals surface area contributed by atoms with Gasteiger partial charge in [-0.25, -0.2) is 0 Å².